The van der Waals surface area contributed by atoms with E-state index in [-0.39, 0.29) is 17.9 Å². The van der Waals surface area contributed by atoms with Gasteiger partial charge in [-0.25, -0.2) is 0 Å². The van der Waals surface area contributed by atoms with Crippen LogP contribution in [0, 0.1) is 0 Å². The largest absolute Gasteiger partial charge is 0.507 e. The molecule has 0 heterocycles. The molecule has 4 aromatic rings. The fraction of sp³-hybridized carbons (Fsp3) is 0.219. The van der Waals surface area contributed by atoms with E-state index in [2.05, 4.69) is 4.90 Å². The summed E-state index contributed by atoms with van der Waals surface area (Å²) in [6, 6.07) is 31.6. The zero-order valence-corrected chi connectivity index (χ0v) is 22.2. The second kappa shape index (κ2) is 14.6. The number of rotatable bonds is 15. The minimum Gasteiger partial charge on any atom is -0.507 e. The number of benzene rings is 4. The topological polar surface area (TPSA) is 114 Å². The van der Waals surface area contributed by atoms with Crippen molar-refractivity contribution in [3.05, 3.63) is 120 Å². The highest BCUT2D eigenvalue weighted by atomic mass is 16.5. The number of carbonyl (C=O) groups excluding carboxylic acids is 1. The van der Waals surface area contributed by atoms with Gasteiger partial charge in [-0.1, -0.05) is 60.7 Å². The minimum atomic E-state index is -0.743. The quantitative estimate of drug-likeness (QED) is 0.204. The predicted octanol–water partition coefficient (Wildman–Crippen LogP) is 4.39. The molecular formula is C32H34N2O6. The maximum absolute atomic E-state index is 11.5. The molecule has 1 amide bonds. The molecule has 0 bridgehead atoms. The van der Waals surface area contributed by atoms with E-state index in [1.807, 2.05) is 84.9 Å². The molecule has 4 N–H and O–H groups in total. The Morgan fingerprint density at radius 2 is 1.38 bits per heavy atom. The zero-order chi connectivity index (χ0) is 28.2. The standard InChI is InChI=1S/C32H34N2O6/c33-32(37)30-19-29(15-16-31(30)36)38-18-17-34(20-24-7-3-1-4-8-24)21-26(35)23-40-28-13-11-27(12-14-28)39-22-25-9-5-2-6-10-25/h1-16,19,26,35-36H,17-18,20-23H2,(H2,33,37). The van der Waals surface area contributed by atoms with E-state index in [0.29, 0.717) is 44.3 Å². The van der Waals surface area contributed by atoms with Crippen LogP contribution in [-0.2, 0) is 13.2 Å². The Morgan fingerprint density at radius 1 is 0.775 bits per heavy atom. The van der Waals surface area contributed by atoms with Crippen LogP contribution < -0.4 is 19.9 Å². The van der Waals surface area contributed by atoms with E-state index in [1.54, 1.807) is 6.07 Å². The number of phenols is 1. The van der Waals surface area contributed by atoms with Crippen LogP contribution in [-0.4, -0.2) is 53.4 Å². The van der Waals surface area contributed by atoms with Crippen molar-refractivity contribution in [2.24, 2.45) is 5.73 Å². The third-order valence-corrected chi connectivity index (χ3v) is 6.14. The number of amides is 1. The Hall–Kier alpha value is -4.53. The SMILES string of the molecule is NC(=O)c1cc(OCCN(Cc2ccccc2)CC(O)COc2ccc(OCc3ccccc3)cc2)ccc1O. The van der Waals surface area contributed by atoms with Crippen LogP contribution in [0.5, 0.6) is 23.0 Å². The lowest BCUT2D eigenvalue weighted by Gasteiger charge is -2.25. The summed E-state index contributed by atoms with van der Waals surface area (Å²) in [6.07, 6.45) is -0.743. The van der Waals surface area contributed by atoms with Crippen LogP contribution in [0.3, 0.4) is 0 Å². The number of nitrogens with zero attached hydrogens (tertiary/aromatic N) is 1. The van der Waals surface area contributed by atoms with Gasteiger partial charge in [0.1, 0.15) is 48.9 Å². The summed E-state index contributed by atoms with van der Waals surface area (Å²) >= 11 is 0. The fourth-order valence-electron chi connectivity index (χ4n) is 4.09. The highest BCUT2D eigenvalue weighted by Crippen LogP contribution is 2.23. The van der Waals surface area contributed by atoms with E-state index < -0.39 is 12.0 Å². The summed E-state index contributed by atoms with van der Waals surface area (Å²) in [5.74, 6) is 0.879. The number of aliphatic hydroxyl groups is 1. The van der Waals surface area contributed by atoms with Gasteiger partial charge in [-0.2, -0.15) is 0 Å². The Kier molecular flexibility index (Phi) is 10.4. The Balaban J connectivity index is 1.28. The second-order valence-electron chi connectivity index (χ2n) is 9.32. The Bertz CT molecular complexity index is 1330. The Labute approximate surface area is 234 Å². The monoisotopic (exact) mass is 542 g/mol. The van der Waals surface area contributed by atoms with Crippen molar-refractivity contribution in [1.29, 1.82) is 0 Å². The number of primary amides is 1. The summed E-state index contributed by atoms with van der Waals surface area (Å²) in [5, 5.41) is 20.5. The smallest absolute Gasteiger partial charge is 0.252 e. The van der Waals surface area contributed by atoms with E-state index in [9.17, 15) is 15.0 Å². The van der Waals surface area contributed by atoms with Crippen LogP contribution in [0.2, 0.25) is 0 Å². The molecule has 0 spiro atoms. The molecule has 4 rings (SSSR count). The maximum Gasteiger partial charge on any atom is 0.252 e. The van der Waals surface area contributed by atoms with Crippen molar-refractivity contribution in [1.82, 2.24) is 4.90 Å². The number of hydrogen-bond donors (Lipinski definition) is 3. The molecule has 0 aliphatic heterocycles. The summed E-state index contributed by atoms with van der Waals surface area (Å²) in [4.78, 5) is 13.6. The summed E-state index contributed by atoms with van der Waals surface area (Å²) in [7, 11) is 0. The van der Waals surface area contributed by atoms with Gasteiger partial charge < -0.3 is 30.2 Å². The van der Waals surface area contributed by atoms with Crippen molar-refractivity contribution in [3.8, 4) is 23.0 Å². The average Bonchev–Trinajstić information content (AvgIpc) is 2.97. The van der Waals surface area contributed by atoms with Gasteiger partial charge in [-0.15, -0.1) is 0 Å². The van der Waals surface area contributed by atoms with Crippen molar-refractivity contribution in [2.45, 2.75) is 19.3 Å². The third-order valence-electron chi connectivity index (χ3n) is 6.14. The number of hydrogen-bond acceptors (Lipinski definition) is 7. The van der Waals surface area contributed by atoms with Gasteiger partial charge in [0, 0.05) is 19.6 Å². The van der Waals surface area contributed by atoms with Crippen LogP contribution >= 0.6 is 0 Å². The highest BCUT2D eigenvalue weighted by Gasteiger charge is 2.15. The summed E-state index contributed by atoms with van der Waals surface area (Å²) in [6.45, 7) is 2.38. The van der Waals surface area contributed by atoms with Crippen molar-refractivity contribution in [2.75, 3.05) is 26.3 Å². The van der Waals surface area contributed by atoms with Gasteiger partial charge in [0.15, 0.2) is 0 Å². The first-order chi connectivity index (χ1) is 19.5. The average molecular weight is 543 g/mol. The molecule has 1 unspecified atom stereocenters. The first-order valence-electron chi connectivity index (χ1n) is 13.1. The molecule has 0 fully saturated rings. The third kappa shape index (κ3) is 9.04. The lowest BCUT2D eigenvalue weighted by Crippen LogP contribution is -2.37. The molecule has 208 valence electrons. The molecule has 40 heavy (non-hydrogen) atoms. The van der Waals surface area contributed by atoms with E-state index in [4.69, 9.17) is 19.9 Å². The fourth-order valence-corrected chi connectivity index (χ4v) is 4.09. The number of aliphatic hydroxyl groups excluding tert-OH is 1. The molecule has 0 radical (unpaired) electrons. The van der Waals surface area contributed by atoms with Crippen LogP contribution in [0.15, 0.2) is 103 Å². The molecule has 8 heteroatoms. The van der Waals surface area contributed by atoms with Gasteiger partial charge in [-0.05, 0) is 53.6 Å². The molecule has 0 aromatic heterocycles. The normalized spacial score (nSPS) is 11.7. The lowest BCUT2D eigenvalue weighted by molar-refractivity contribution is 0.0604. The van der Waals surface area contributed by atoms with Crippen LogP contribution in [0.1, 0.15) is 21.5 Å². The van der Waals surface area contributed by atoms with E-state index in [1.165, 1.54) is 12.1 Å². The molecule has 0 saturated heterocycles. The Morgan fingerprint density at radius 3 is 2.02 bits per heavy atom. The minimum absolute atomic E-state index is 0.00185. The molecule has 0 aliphatic rings. The van der Waals surface area contributed by atoms with Gasteiger partial charge >= 0.3 is 0 Å². The second-order valence-corrected chi connectivity index (χ2v) is 9.32. The first kappa shape index (κ1) is 28.5. The highest BCUT2D eigenvalue weighted by molar-refractivity contribution is 5.95. The molecule has 1 atom stereocenters. The van der Waals surface area contributed by atoms with Gasteiger partial charge in [-0.3, -0.25) is 9.69 Å². The lowest BCUT2D eigenvalue weighted by atomic mass is 10.2. The zero-order valence-electron chi connectivity index (χ0n) is 22.2. The number of ether oxygens (including phenoxy) is 3. The number of aromatic hydroxyl groups is 1. The van der Waals surface area contributed by atoms with Crippen LogP contribution in [0.4, 0.5) is 0 Å². The summed E-state index contributed by atoms with van der Waals surface area (Å²) < 4.78 is 17.4. The molecule has 0 saturated carbocycles. The van der Waals surface area contributed by atoms with Crippen molar-refractivity contribution in [3.63, 3.8) is 0 Å². The predicted molar refractivity (Wildman–Crippen MR) is 153 cm³/mol. The van der Waals surface area contributed by atoms with Crippen molar-refractivity contribution >= 4 is 5.91 Å². The van der Waals surface area contributed by atoms with Gasteiger partial charge in [0.05, 0.1) is 5.56 Å². The first-order valence-corrected chi connectivity index (χ1v) is 13.1. The van der Waals surface area contributed by atoms with E-state index >= 15 is 0 Å². The van der Waals surface area contributed by atoms with E-state index in [0.717, 1.165) is 16.9 Å². The number of nitrogens with two attached hydrogens (primary N) is 1. The van der Waals surface area contributed by atoms with Crippen molar-refractivity contribution < 1.29 is 29.2 Å². The summed E-state index contributed by atoms with van der Waals surface area (Å²) in [5.41, 5.74) is 7.50. The van der Waals surface area contributed by atoms with Gasteiger partial charge in [0.25, 0.3) is 5.91 Å². The molecule has 4 aromatic carbocycles. The van der Waals surface area contributed by atoms with Gasteiger partial charge in [0.2, 0.25) is 0 Å². The van der Waals surface area contributed by atoms with Crippen LogP contribution in [0.25, 0.3) is 0 Å². The molecular weight excluding hydrogens is 508 g/mol. The number of carbonyl (C=O) groups is 1. The maximum atomic E-state index is 11.5. The molecule has 0 aliphatic carbocycles. The molecule has 8 nitrogen and oxygen atoms in total.